The summed E-state index contributed by atoms with van der Waals surface area (Å²) in [5, 5.41) is 6.98. The standard InChI is InChI=1S/C28H23N3O6/c1-16-11-24(31-37-16)30-25(32)14-34-28(33)26-19-6-2-3-8-21(19)29-27-18(5-4-7-20(26)27)12-17-9-10-22-23(13-17)36-15-35-22/h2-3,6,8-13H,4-5,7,14-15H2,1H3,(H,30,31,32). The molecule has 0 fully saturated rings. The summed E-state index contributed by atoms with van der Waals surface area (Å²) < 4.78 is 21.3. The molecular weight excluding hydrogens is 474 g/mol. The minimum atomic E-state index is -0.564. The molecule has 0 saturated heterocycles. The maximum absolute atomic E-state index is 13.4. The zero-order chi connectivity index (χ0) is 25.4. The van der Waals surface area contributed by atoms with Gasteiger partial charge in [0.25, 0.3) is 5.91 Å². The Hall–Kier alpha value is -4.66. The summed E-state index contributed by atoms with van der Waals surface area (Å²) in [5.41, 5.74) is 4.73. The van der Waals surface area contributed by atoms with Crippen LogP contribution in [0.1, 0.15) is 45.8 Å². The van der Waals surface area contributed by atoms with E-state index in [0.717, 1.165) is 41.0 Å². The molecule has 0 saturated carbocycles. The molecule has 9 heteroatoms. The lowest BCUT2D eigenvalue weighted by molar-refractivity contribution is -0.119. The number of hydrogen-bond donors (Lipinski definition) is 1. The van der Waals surface area contributed by atoms with E-state index in [1.807, 2.05) is 42.5 Å². The van der Waals surface area contributed by atoms with E-state index in [1.165, 1.54) is 0 Å². The van der Waals surface area contributed by atoms with Crippen molar-refractivity contribution in [3.05, 3.63) is 76.7 Å². The average Bonchev–Trinajstić information content (AvgIpc) is 3.54. The minimum absolute atomic E-state index is 0.216. The number of para-hydroxylation sites is 1. The summed E-state index contributed by atoms with van der Waals surface area (Å²) in [6.07, 6.45) is 4.43. The summed E-state index contributed by atoms with van der Waals surface area (Å²) in [7, 11) is 0. The van der Waals surface area contributed by atoms with Crippen LogP contribution in [0.2, 0.25) is 0 Å². The molecule has 0 unspecified atom stereocenters. The van der Waals surface area contributed by atoms with Gasteiger partial charge in [0.1, 0.15) is 5.76 Å². The van der Waals surface area contributed by atoms with Crippen LogP contribution in [-0.2, 0) is 16.0 Å². The van der Waals surface area contributed by atoms with Gasteiger partial charge in [-0.2, -0.15) is 0 Å². The number of amides is 1. The van der Waals surface area contributed by atoms with Gasteiger partial charge in [-0.1, -0.05) is 29.4 Å². The van der Waals surface area contributed by atoms with Crippen molar-refractivity contribution in [3.8, 4) is 11.5 Å². The van der Waals surface area contributed by atoms with Crippen LogP contribution in [0.15, 0.2) is 53.1 Å². The minimum Gasteiger partial charge on any atom is -0.454 e. The molecule has 4 aromatic rings. The monoisotopic (exact) mass is 497 g/mol. The maximum Gasteiger partial charge on any atom is 0.339 e. The first-order chi connectivity index (χ1) is 18.0. The lowest BCUT2D eigenvalue weighted by Crippen LogP contribution is -2.22. The second-order valence-corrected chi connectivity index (χ2v) is 8.91. The number of pyridine rings is 1. The molecule has 1 aliphatic carbocycles. The highest BCUT2D eigenvalue weighted by Gasteiger charge is 2.26. The zero-order valence-corrected chi connectivity index (χ0v) is 20.1. The third-order valence-corrected chi connectivity index (χ3v) is 6.34. The number of ether oxygens (including phenoxy) is 3. The van der Waals surface area contributed by atoms with Gasteiger partial charge in [-0.3, -0.25) is 4.79 Å². The summed E-state index contributed by atoms with van der Waals surface area (Å²) >= 11 is 0. The first-order valence-corrected chi connectivity index (χ1v) is 12.0. The first-order valence-electron chi connectivity index (χ1n) is 12.0. The Morgan fingerprint density at radius 2 is 1.95 bits per heavy atom. The second kappa shape index (κ2) is 9.42. The highest BCUT2D eigenvalue weighted by atomic mass is 16.7. The molecule has 1 N–H and O–H groups in total. The van der Waals surface area contributed by atoms with Crippen LogP contribution in [0.4, 0.5) is 5.82 Å². The number of fused-ring (bicyclic) bond motifs is 3. The number of benzene rings is 2. The lowest BCUT2D eigenvalue weighted by Gasteiger charge is -2.22. The van der Waals surface area contributed by atoms with Gasteiger partial charge < -0.3 is 24.1 Å². The third kappa shape index (κ3) is 4.51. The van der Waals surface area contributed by atoms with Crippen molar-refractivity contribution >= 4 is 40.2 Å². The normalized spacial score (nSPS) is 15.0. The van der Waals surface area contributed by atoms with Crippen molar-refractivity contribution in [2.75, 3.05) is 18.7 Å². The fourth-order valence-corrected chi connectivity index (χ4v) is 4.72. The van der Waals surface area contributed by atoms with E-state index in [9.17, 15) is 9.59 Å². The number of nitrogens with zero attached hydrogens (tertiary/aromatic N) is 2. The molecule has 3 heterocycles. The molecule has 0 radical (unpaired) electrons. The van der Waals surface area contributed by atoms with Crippen LogP contribution in [0, 0.1) is 6.92 Å². The third-order valence-electron chi connectivity index (χ3n) is 6.34. The number of carbonyl (C=O) groups excluding carboxylic acids is 2. The van der Waals surface area contributed by atoms with Crippen molar-refractivity contribution in [1.82, 2.24) is 10.1 Å². The molecule has 186 valence electrons. The number of anilines is 1. The zero-order valence-electron chi connectivity index (χ0n) is 20.1. The summed E-state index contributed by atoms with van der Waals surface area (Å²) in [4.78, 5) is 30.6. The molecular formula is C28H23N3O6. The molecule has 6 rings (SSSR count). The highest BCUT2D eigenvalue weighted by Crippen LogP contribution is 2.38. The van der Waals surface area contributed by atoms with Crippen LogP contribution >= 0.6 is 0 Å². The Morgan fingerprint density at radius 1 is 1.08 bits per heavy atom. The SMILES string of the molecule is Cc1cc(NC(=O)COC(=O)c2c3c(nc4ccccc24)C(=Cc2ccc4c(c2)OCO4)CCC3)no1. The van der Waals surface area contributed by atoms with Crippen molar-refractivity contribution < 1.29 is 28.3 Å². The molecule has 0 atom stereocenters. The molecule has 2 aromatic carbocycles. The Bertz CT molecular complexity index is 1570. The number of esters is 1. The van der Waals surface area contributed by atoms with Crippen LogP contribution < -0.4 is 14.8 Å². The van der Waals surface area contributed by atoms with Crippen molar-refractivity contribution in [1.29, 1.82) is 0 Å². The van der Waals surface area contributed by atoms with E-state index in [-0.39, 0.29) is 12.6 Å². The van der Waals surface area contributed by atoms with E-state index in [4.69, 9.17) is 23.7 Å². The lowest BCUT2D eigenvalue weighted by atomic mass is 9.86. The van der Waals surface area contributed by atoms with Gasteiger partial charge >= 0.3 is 5.97 Å². The van der Waals surface area contributed by atoms with Gasteiger partial charge in [-0.15, -0.1) is 0 Å². The Morgan fingerprint density at radius 3 is 2.81 bits per heavy atom. The van der Waals surface area contributed by atoms with Crippen LogP contribution in [-0.4, -0.2) is 35.4 Å². The van der Waals surface area contributed by atoms with Gasteiger partial charge in [-0.05, 0) is 67.2 Å². The molecule has 2 aromatic heterocycles. The van der Waals surface area contributed by atoms with E-state index < -0.39 is 18.5 Å². The fraction of sp³-hybridized carbons (Fsp3) is 0.214. The predicted molar refractivity (Wildman–Crippen MR) is 135 cm³/mol. The number of nitrogens with one attached hydrogen (secondary N) is 1. The number of allylic oxidation sites excluding steroid dienone is 1. The van der Waals surface area contributed by atoms with Crippen molar-refractivity contribution in [2.24, 2.45) is 0 Å². The number of aryl methyl sites for hydroxylation is 1. The molecule has 0 bridgehead atoms. The molecule has 1 amide bonds. The van der Waals surface area contributed by atoms with Crippen LogP contribution in [0.5, 0.6) is 11.5 Å². The Balaban J connectivity index is 1.33. The number of rotatable bonds is 5. The van der Waals surface area contributed by atoms with Gasteiger partial charge in [0.2, 0.25) is 6.79 Å². The van der Waals surface area contributed by atoms with E-state index in [2.05, 4.69) is 16.5 Å². The Labute approximate surface area is 212 Å². The number of carbonyl (C=O) groups is 2. The first kappa shape index (κ1) is 22.8. The second-order valence-electron chi connectivity index (χ2n) is 8.91. The largest absolute Gasteiger partial charge is 0.454 e. The topological polar surface area (TPSA) is 113 Å². The quantitative estimate of drug-likeness (QED) is 0.386. The smallest absolute Gasteiger partial charge is 0.339 e. The summed E-state index contributed by atoms with van der Waals surface area (Å²) in [6, 6.07) is 14.9. The molecule has 2 aliphatic rings. The fourth-order valence-electron chi connectivity index (χ4n) is 4.72. The van der Waals surface area contributed by atoms with Gasteiger partial charge in [-0.25, -0.2) is 9.78 Å². The molecule has 0 spiro atoms. The maximum atomic E-state index is 13.4. The number of hydrogen-bond acceptors (Lipinski definition) is 8. The van der Waals surface area contributed by atoms with E-state index in [1.54, 1.807) is 13.0 Å². The highest BCUT2D eigenvalue weighted by molar-refractivity contribution is 6.07. The van der Waals surface area contributed by atoms with Gasteiger partial charge in [0.05, 0.1) is 16.8 Å². The van der Waals surface area contributed by atoms with Gasteiger partial charge in [0, 0.05) is 11.5 Å². The Kier molecular flexibility index (Phi) is 5.80. The summed E-state index contributed by atoms with van der Waals surface area (Å²) in [5.74, 6) is 1.20. The van der Waals surface area contributed by atoms with Gasteiger partial charge in [0.15, 0.2) is 23.9 Å². The average molecular weight is 498 g/mol. The number of aromatic nitrogens is 2. The molecule has 9 nitrogen and oxygen atoms in total. The van der Waals surface area contributed by atoms with Crippen molar-refractivity contribution in [2.45, 2.75) is 26.2 Å². The van der Waals surface area contributed by atoms with Crippen LogP contribution in [0.25, 0.3) is 22.6 Å². The van der Waals surface area contributed by atoms with Crippen LogP contribution in [0.3, 0.4) is 0 Å². The summed E-state index contributed by atoms with van der Waals surface area (Å²) in [6.45, 7) is 1.49. The predicted octanol–water partition coefficient (Wildman–Crippen LogP) is 4.93. The van der Waals surface area contributed by atoms with Crippen molar-refractivity contribution in [3.63, 3.8) is 0 Å². The van der Waals surface area contributed by atoms with E-state index in [0.29, 0.717) is 34.4 Å². The van der Waals surface area contributed by atoms with E-state index >= 15 is 0 Å². The molecule has 37 heavy (non-hydrogen) atoms. The molecule has 1 aliphatic heterocycles.